The third-order valence-corrected chi connectivity index (χ3v) is 5.25. The summed E-state index contributed by atoms with van der Waals surface area (Å²) in [6.07, 6.45) is 0. The lowest BCUT2D eigenvalue weighted by molar-refractivity contribution is 0.537. The van der Waals surface area contributed by atoms with Gasteiger partial charge in [-0.3, -0.25) is 0 Å². The molecule has 0 aliphatic carbocycles. The van der Waals surface area contributed by atoms with Crippen molar-refractivity contribution < 1.29 is 0 Å². The highest BCUT2D eigenvalue weighted by molar-refractivity contribution is 9.10. The van der Waals surface area contributed by atoms with Crippen LogP contribution in [0.2, 0.25) is 0 Å². The molecule has 3 rings (SSSR count). The van der Waals surface area contributed by atoms with Crippen LogP contribution in [0.1, 0.15) is 19.4 Å². The van der Waals surface area contributed by atoms with E-state index in [0.717, 1.165) is 27.9 Å². The standard InChI is InChI=1S/C16H18BrN3S/c1-10(2)9-20-14-4-3-11(8-18)7-13(14)19-16(20)15-12(17)5-6-21-15/h3-7,10H,8-9,18H2,1-2H3. The molecule has 0 saturated carbocycles. The van der Waals surface area contributed by atoms with Crippen LogP contribution in [-0.2, 0) is 13.1 Å². The molecule has 21 heavy (non-hydrogen) atoms. The molecule has 2 N–H and O–H groups in total. The Morgan fingerprint density at radius 3 is 2.76 bits per heavy atom. The van der Waals surface area contributed by atoms with Gasteiger partial charge in [-0.05, 0) is 51.0 Å². The molecule has 0 atom stereocenters. The number of aromatic nitrogens is 2. The summed E-state index contributed by atoms with van der Waals surface area (Å²) in [5.41, 5.74) is 9.06. The zero-order valence-corrected chi connectivity index (χ0v) is 14.5. The molecule has 0 aliphatic heterocycles. The van der Waals surface area contributed by atoms with Crippen molar-refractivity contribution in [2.45, 2.75) is 26.9 Å². The Labute approximate surface area is 136 Å². The van der Waals surface area contributed by atoms with Crippen molar-refractivity contribution in [2.24, 2.45) is 11.7 Å². The van der Waals surface area contributed by atoms with Crippen molar-refractivity contribution in [2.75, 3.05) is 0 Å². The molecular formula is C16H18BrN3S. The summed E-state index contributed by atoms with van der Waals surface area (Å²) in [5, 5.41) is 2.09. The number of fused-ring (bicyclic) bond motifs is 1. The normalized spacial score (nSPS) is 11.7. The number of benzene rings is 1. The minimum absolute atomic E-state index is 0.547. The summed E-state index contributed by atoms with van der Waals surface area (Å²) in [5.74, 6) is 1.60. The number of hydrogen-bond donors (Lipinski definition) is 1. The monoisotopic (exact) mass is 363 g/mol. The van der Waals surface area contributed by atoms with Crippen LogP contribution in [-0.4, -0.2) is 9.55 Å². The highest BCUT2D eigenvalue weighted by Gasteiger charge is 2.16. The van der Waals surface area contributed by atoms with E-state index in [2.05, 4.69) is 64.0 Å². The van der Waals surface area contributed by atoms with Crippen molar-refractivity contribution in [1.29, 1.82) is 0 Å². The Morgan fingerprint density at radius 1 is 1.33 bits per heavy atom. The quantitative estimate of drug-likeness (QED) is 0.733. The number of hydrogen-bond acceptors (Lipinski definition) is 3. The molecule has 2 heterocycles. The van der Waals surface area contributed by atoms with Crippen LogP contribution in [0.25, 0.3) is 21.7 Å². The number of nitrogens with two attached hydrogens (primary N) is 1. The number of rotatable bonds is 4. The van der Waals surface area contributed by atoms with Gasteiger partial charge in [0, 0.05) is 17.6 Å². The second kappa shape index (κ2) is 5.91. The zero-order chi connectivity index (χ0) is 15.0. The van der Waals surface area contributed by atoms with Gasteiger partial charge in [-0.1, -0.05) is 19.9 Å². The van der Waals surface area contributed by atoms with Gasteiger partial charge in [0.2, 0.25) is 0 Å². The number of halogens is 1. The van der Waals surface area contributed by atoms with Crippen LogP contribution in [0.4, 0.5) is 0 Å². The summed E-state index contributed by atoms with van der Waals surface area (Å²) in [4.78, 5) is 6.05. The van der Waals surface area contributed by atoms with Gasteiger partial charge in [0.05, 0.1) is 15.9 Å². The van der Waals surface area contributed by atoms with Crippen LogP contribution in [0, 0.1) is 5.92 Å². The Kier molecular flexibility index (Phi) is 4.15. The smallest absolute Gasteiger partial charge is 0.152 e. The molecule has 0 aliphatic rings. The summed E-state index contributed by atoms with van der Waals surface area (Å²) >= 11 is 5.34. The molecule has 2 aromatic heterocycles. The van der Waals surface area contributed by atoms with Crippen molar-refractivity contribution in [1.82, 2.24) is 9.55 Å². The van der Waals surface area contributed by atoms with E-state index >= 15 is 0 Å². The molecule has 3 nitrogen and oxygen atoms in total. The van der Waals surface area contributed by atoms with Crippen molar-refractivity contribution in [3.05, 3.63) is 39.7 Å². The molecule has 0 amide bonds. The maximum absolute atomic E-state index is 5.75. The van der Waals surface area contributed by atoms with E-state index in [4.69, 9.17) is 10.7 Å². The minimum atomic E-state index is 0.547. The largest absolute Gasteiger partial charge is 0.326 e. The lowest BCUT2D eigenvalue weighted by Gasteiger charge is -2.11. The Bertz CT molecular complexity index is 773. The first-order chi connectivity index (χ1) is 10.1. The number of thiophene rings is 1. The summed E-state index contributed by atoms with van der Waals surface area (Å²) in [6.45, 7) is 5.96. The van der Waals surface area contributed by atoms with Gasteiger partial charge in [-0.25, -0.2) is 4.98 Å². The van der Waals surface area contributed by atoms with Gasteiger partial charge in [-0.15, -0.1) is 11.3 Å². The van der Waals surface area contributed by atoms with Crippen LogP contribution in [0.15, 0.2) is 34.1 Å². The Hall–Kier alpha value is -1.17. The Morgan fingerprint density at radius 2 is 2.14 bits per heavy atom. The van der Waals surface area contributed by atoms with Crippen molar-refractivity contribution in [3.8, 4) is 10.7 Å². The lowest BCUT2D eigenvalue weighted by atomic mass is 10.2. The molecule has 0 radical (unpaired) electrons. The van der Waals surface area contributed by atoms with Crippen LogP contribution >= 0.6 is 27.3 Å². The molecule has 0 saturated heterocycles. The average molecular weight is 364 g/mol. The average Bonchev–Trinajstić information content (AvgIpc) is 3.02. The van der Waals surface area contributed by atoms with E-state index in [1.807, 2.05) is 0 Å². The molecule has 1 aromatic carbocycles. The molecule has 0 fully saturated rings. The van der Waals surface area contributed by atoms with Gasteiger partial charge in [0.15, 0.2) is 5.82 Å². The van der Waals surface area contributed by atoms with Crippen molar-refractivity contribution in [3.63, 3.8) is 0 Å². The third kappa shape index (κ3) is 2.78. The highest BCUT2D eigenvalue weighted by Crippen LogP contribution is 2.35. The van der Waals surface area contributed by atoms with Gasteiger partial charge in [0.25, 0.3) is 0 Å². The lowest BCUT2D eigenvalue weighted by Crippen LogP contribution is -2.06. The predicted octanol–water partition coefficient (Wildman–Crippen LogP) is 4.64. The number of nitrogens with zero attached hydrogens (tertiary/aromatic N) is 2. The van der Waals surface area contributed by atoms with Crippen LogP contribution < -0.4 is 5.73 Å². The second-order valence-corrected chi connectivity index (χ2v) is 7.34. The van der Waals surface area contributed by atoms with Crippen LogP contribution in [0.5, 0.6) is 0 Å². The SMILES string of the molecule is CC(C)Cn1c(-c2sccc2Br)nc2cc(CN)ccc21. The van der Waals surface area contributed by atoms with E-state index in [-0.39, 0.29) is 0 Å². The third-order valence-electron chi connectivity index (χ3n) is 3.42. The Balaban J connectivity index is 2.24. The minimum Gasteiger partial charge on any atom is -0.326 e. The second-order valence-electron chi connectivity index (χ2n) is 5.56. The highest BCUT2D eigenvalue weighted by atomic mass is 79.9. The van der Waals surface area contributed by atoms with Crippen molar-refractivity contribution >= 4 is 38.3 Å². The van der Waals surface area contributed by atoms with Crippen LogP contribution in [0.3, 0.4) is 0 Å². The van der Waals surface area contributed by atoms with E-state index in [1.165, 1.54) is 10.4 Å². The molecule has 0 spiro atoms. The maximum Gasteiger partial charge on any atom is 0.152 e. The van der Waals surface area contributed by atoms with Gasteiger partial charge < -0.3 is 10.3 Å². The fraction of sp³-hybridized carbons (Fsp3) is 0.312. The first-order valence-corrected chi connectivity index (χ1v) is 8.70. The van der Waals surface area contributed by atoms with E-state index in [0.29, 0.717) is 12.5 Å². The van der Waals surface area contributed by atoms with Gasteiger partial charge in [0.1, 0.15) is 0 Å². The van der Waals surface area contributed by atoms with E-state index in [9.17, 15) is 0 Å². The first-order valence-electron chi connectivity index (χ1n) is 7.02. The van der Waals surface area contributed by atoms with E-state index < -0.39 is 0 Å². The molecule has 5 heteroatoms. The molecule has 0 unspecified atom stereocenters. The summed E-state index contributed by atoms with van der Waals surface area (Å²) in [7, 11) is 0. The van der Waals surface area contributed by atoms with Gasteiger partial charge in [-0.2, -0.15) is 0 Å². The topological polar surface area (TPSA) is 43.8 Å². The predicted molar refractivity (Wildman–Crippen MR) is 93.5 cm³/mol. The van der Waals surface area contributed by atoms with E-state index in [1.54, 1.807) is 11.3 Å². The fourth-order valence-corrected chi connectivity index (χ4v) is 4.03. The molecule has 0 bridgehead atoms. The molecule has 3 aromatic rings. The summed E-state index contributed by atoms with van der Waals surface area (Å²) < 4.78 is 3.42. The number of imidazole rings is 1. The molecule has 110 valence electrons. The molecular weight excluding hydrogens is 346 g/mol. The maximum atomic E-state index is 5.75. The van der Waals surface area contributed by atoms with Gasteiger partial charge >= 0.3 is 0 Å². The first kappa shape index (κ1) is 14.8. The fourth-order valence-electron chi connectivity index (χ4n) is 2.48. The summed E-state index contributed by atoms with van der Waals surface area (Å²) in [6, 6.07) is 8.40. The zero-order valence-electron chi connectivity index (χ0n) is 12.1.